The number of hydrazone groups is 1. The van der Waals surface area contributed by atoms with Crippen molar-refractivity contribution in [3.8, 4) is 0 Å². The summed E-state index contributed by atoms with van der Waals surface area (Å²) >= 11 is 0. The minimum absolute atomic E-state index is 0.00965. The van der Waals surface area contributed by atoms with Gasteiger partial charge in [-0.3, -0.25) is 4.79 Å². The van der Waals surface area contributed by atoms with Crippen molar-refractivity contribution in [2.24, 2.45) is 10.8 Å². The van der Waals surface area contributed by atoms with Crippen LogP contribution in [0.25, 0.3) is 0 Å². The Morgan fingerprint density at radius 1 is 1.00 bits per heavy atom. The summed E-state index contributed by atoms with van der Waals surface area (Å²) in [6.45, 7) is 4.80. The first kappa shape index (κ1) is 24.2. The van der Waals surface area contributed by atoms with Crippen LogP contribution in [0.15, 0.2) is 58.6 Å². The molecule has 0 atom stereocenters. The van der Waals surface area contributed by atoms with Gasteiger partial charge in [0.2, 0.25) is 0 Å². The van der Waals surface area contributed by atoms with E-state index in [-0.39, 0.29) is 25.4 Å². The van der Waals surface area contributed by atoms with Crippen molar-refractivity contribution in [2.45, 2.75) is 20.8 Å². The molecule has 0 aliphatic rings. The van der Waals surface area contributed by atoms with Gasteiger partial charge in [-0.1, -0.05) is 18.2 Å². The van der Waals surface area contributed by atoms with Crippen LogP contribution in [0.4, 0.5) is 0 Å². The number of nitrogens with two attached hydrogens (primary N) is 1. The summed E-state index contributed by atoms with van der Waals surface area (Å²) in [5.74, 6) is -3.67. The lowest BCUT2D eigenvalue weighted by atomic mass is 10.1. The van der Waals surface area contributed by atoms with E-state index in [0.29, 0.717) is 5.56 Å². The summed E-state index contributed by atoms with van der Waals surface area (Å²) in [4.78, 5) is 36.6. The molecule has 4 N–H and O–H groups in total. The molecule has 0 saturated carbocycles. The number of nitrogens with zero attached hydrogens (tertiary/aromatic N) is 1. The molecule has 0 bridgehead atoms. The van der Waals surface area contributed by atoms with Crippen molar-refractivity contribution < 1.29 is 33.7 Å². The molecule has 10 nitrogen and oxygen atoms in total. The third kappa shape index (κ3) is 7.30. The summed E-state index contributed by atoms with van der Waals surface area (Å²) in [6, 6.07) is 8.19. The van der Waals surface area contributed by atoms with E-state index < -0.39 is 35.2 Å². The minimum Gasteiger partial charge on any atom is -0.480 e. The smallest absolute Gasteiger partial charge is 0.345 e. The van der Waals surface area contributed by atoms with Crippen LogP contribution in [-0.2, 0) is 23.8 Å². The van der Waals surface area contributed by atoms with E-state index >= 15 is 0 Å². The van der Waals surface area contributed by atoms with Crippen molar-refractivity contribution >= 4 is 23.7 Å². The number of benzene rings is 1. The maximum absolute atomic E-state index is 12.3. The highest BCUT2D eigenvalue weighted by Gasteiger charge is 2.23. The molecule has 1 amide bonds. The Morgan fingerprint density at radius 3 is 2.13 bits per heavy atom. The zero-order valence-corrected chi connectivity index (χ0v) is 17.0. The van der Waals surface area contributed by atoms with E-state index in [2.05, 4.69) is 10.5 Å². The molecule has 30 heavy (non-hydrogen) atoms. The third-order valence-corrected chi connectivity index (χ3v) is 3.38. The minimum atomic E-state index is -0.952. The summed E-state index contributed by atoms with van der Waals surface area (Å²) in [6.07, 6.45) is 0.925. The van der Waals surface area contributed by atoms with Gasteiger partial charge in [0.25, 0.3) is 11.9 Å². The number of hydrogen-bond donors (Lipinski definition) is 3. The summed E-state index contributed by atoms with van der Waals surface area (Å²) in [7, 11) is 0. The van der Waals surface area contributed by atoms with Crippen molar-refractivity contribution in [1.29, 1.82) is 0 Å². The Kier molecular flexibility index (Phi) is 10.2. The summed E-state index contributed by atoms with van der Waals surface area (Å²) < 4.78 is 14.7. The maximum atomic E-state index is 12.3. The average molecular weight is 419 g/mol. The fraction of sp³-hybridized carbons (Fsp3) is 0.300. The fourth-order valence-corrected chi connectivity index (χ4v) is 2.05. The van der Waals surface area contributed by atoms with E-state index in [9.17, 15) is 19.5 Å². The Labute approximate surface area is 174 Å². The van der Waals surface area contributed by atoms with Gasteiger partial charge in [-0.2, -0.15) is 5.10 Å². The number of hydrogen-bond acceptors (Lipinski definition) is 8. The molecule has 0 spiro atoms. The summed E-state index contributed by atoms with van der Waals surface area (Å²) in [5.41, 5.74) is 7.51. The Balaban J connectivity index is 3.31. The van der Waals surface area contributed by atoms with Crippen LogP contribution in [0.1, 0.15) is 31.1 Å². The highest BCUT2D eigenvalue weighted by molar-refractivity contribution is 6.19. The van der Waals surface area contributed by atoms with Crippen LogP contribution in [0.5, 0.6) is 0 Å². The summed E-state index contributed by atoms with van der Waals surface area (Å²) in [5, 5.41) is 13.7. The molecule has 10 heteroatoms. The zero-order valence-electron chi connectivity index (χ0n) is 17.0. The SMILES string of the molecule is CCOC(=O)C(=C\C(C(=O)OCC)=C(/O)OCC)/C(N)=N/NC(=O)c1ccccc1. The lowest BCUT2D eigenvalue weighted by molar-refractivity contribution is -0.138. The molecule has 0 radical (unpaired) electrons. The Hall–Kier alpha value is -3.82. The largest absolute Gasteiger partial charge is 0.480 e. The molecule has 1 aromatic rings. The molecular formula is C20H25N3O7. The maximum Gasteiger partial charge on any atom is 0.345 e. The second-order valence-corrected chi connectivity index (χ2v) is 5.45. The zero-order chi connectivity index (χ0) is 22.5. The van der Waals surface area contributed by atoms with Crippen molar-refractivity contribution in [3.63, 3.8) is 0 Å². The monoisotopic (exact) mass is 419 g/mol. The molecule has 0 aliphatic heterocycles. The first-order valence-electron chi connectivity index (χ1n) is 9.16. The van der Waals surface area contributed by atoms with Gasteiger partial charge in [0.15, 0.2) is 5.84 Å². The molecule has 0 heterocycles. The van der Waals surface area contributed by atoms with E-state index in [1.54, 1.807) is 51.1 Å². The third-order valence-electron chi connectivity index (χ3n) is 3.38. The van der Waals surface area contributed by atoms with Crippen LogP contribution < -0.4 is 11.2 Å². The topological polar surface area (TPSA) is 150 Å². The van der Waals surface area contributed by atoms with Gasteiger partial charge in [0.05, 0.1) is 19.8 Å². The standard InChI is InChI=1S/C20H25N3O7/c1-4-28-18(25)14(12-15(19(26)29-5-2)20(27)30-6-3)16(21)22-23-17(24)13-10-8-7-9-11-13/h7-12,26H,4-6H2,1-3H3,(H2,21,22)(H,23,24)/b14-12-,19-15-. The van der Waals surface area contributed by atoms with Crippen LogP contribution >= 0.6 is 0 Å². The van der Waals surface area contributed by atoms with Crippen molar-refractivity contribution in [2.75, 3.05) is 19.8 Å². The van der Waals surface area contributed by atoms with Gasteiger partial charge >= 0.3 is 11.9 Å². The highest BCUT2D eigenvalue weighted by atomic mass is 16.6. The van der Waals surface area contributed by atoms with Crippen LogP contribution in [0.2, 0.25) is 0 Å². The number of carbonyl (C=O) groups excluding carboxylic acids is 3. The van der Waals surface area contributed by atoms with E-state index in [0.717, 1.165) is 6.08 Å². The molecule has 0 fully saturated rings. The number of rotatable bonds is 10. The number of amides is 1. The van der Waals surface area contributed by atoms with Gasteiger partial charge in [-0.05, 0) is 39.0 Å². The quantitative estimate of drug-likeness (QED) is 0.0983. The van der Waals surface area contributed by atoms with Gasteiger partial charge in [0, 0.05) is 5.56 Å². The van der Waals surface area contributed by atoms with Gasteiger partial charge in [-0.15, -0.1) is 0 Å². The van der Waals surface area contributed by atoms with Gasteiger partial charge < -0.3 is 25.1 Å². The highest BCUT2D eigenvalue weighted by Crippen LogP contribution is 2.13. The predicted molar refractivity (Wildman–Crippen MR) is 108 cm³/mol. The first-order valence-corrected chi connectivity index (χ1v) is 9.16. The van der Waals surface area contributed by atoms with Crippen LogP contribution in [0, 0.1) is 0 Å². The molecule has 0 saturated heterocycles. The van der Waals surface area contributed by atoms with E-state index in [1.807, 2.05) is 0 Å². The van der Waals surface area contributed by atoms with Gasteiger partial charge in [-0.25, -0.2) is 15.0 Å². The number of ether oxygens (including phenoxy) is 3. The first-order chi connectivity index (χ1) is 14.3. The number of nitrogens with one attached hydrogen (secondary N) is 1. The van der Waals surface area contributed by atoms with Crippen molar-refractivity contribution in [3.05, 3.63) is 59.1 Å². The molecule has 0 unspecified atom stereocenters. The Morgan fingerprint density at radius 2 is 1.57 bits per heavy atom. The van der Waals surface area contributed by atoms with Gasteiger partial charge in [0.1, 0.15) is 11.1 Å². The molecule has 0 aromatic heterocycles. The molecular weight excluding hydrogens is 394 g/mol. The molecule has 1 rings (SSSR count). The number of amidine groups is 1. The second kappa shape index (κ2) is 12.6. The number of aliphatic hydroxyl groups excluding tert-OH is 1. The van der Waals surface area contributed by atoms with E-state index in [4.69, 9.17) is 19.9 Å². The lowest BCUT2D eigenvalue weighted by Crippen LogP contribution is -2.28. The number of carbonyl (C=O) groups is 3. The normalized spacial score (nSPS) is 12.5. The molecule has 0 aliphatic carbocycles. The lowest BCUT2D eigenvalue weighted by Gasteiger charge is -2.10. The predicted octanol–water partition coefficient (Wildman–Crippen LogP) is 1.55. The number of aliphatic hydroxyl groups is 1. The Bertz CT molecular complexity index is 845. The average Bonchev–Trinajstić information content (AvgIpc) is 2.73. The molecule has 162 valence electrons. The second-order valence-electron chi connectivity index (χ2n) is 5.45. The van der Waals surface area contributed by atoms with Crippen LogP contribution in [-0.4, -0.2) is 48.6 Å². The van der Waals surface area contributed by atoms with Crippen molar-refractivity contribution in [1.82, 2.24) is 5.43 Å². The number of esters is 2. The van der Waals surface area contributed by atoms with Crippen LogP contribution in [0.3, 0.4) is 0 Å². The molecule has 1 aromatic carbocycles. The fourth-order valence-electron chi connectivity index (χ4n) is 2.05. The van der Waals surface area contributed by atoms with E-state index in [1.165, 1.54) is 0 Å².